The number of esters is 1. The van der Waals surface area contributed by atoms with Crippen LogP contribution in [0.15, 0.2) is 23.3 Å². The third-order valence-corrected chi connectivity index (χ3v) is 13.2. The van der Waals surface area contributed by atoms with Crippen LogP contribution in [0.5, 0.6) is 0 Å². The Kier molecular flexibility index (Phi) is 5.42. The molecule has 5 aliphatic carbocycles. The fourth-order valence-electron chi connectivity index (χ4n) is 10.8. The van der Waals surface area contributed by atoms with Gasteiger partial charge in [-0.2, -0.15) is 0 Å². The Bertz CT molecular complexity index is 941. The number of rotatable bonds is 1. The van der Waals surface area contributed by atoms with Crippen molar-refractivity contribution >= 4 is 5.97 Å². The molecule has 34 heavy (non-hydrogen) atoms. The minimum Gasteiger partial charge on any atom is -0.462 e. The van der Waals surface area contributed by atoms with Crippen LogP contribution in [0.2, 0.25) is 0 Å². The van der Waals surface area contributed by atoms with E-state index in [0.717, 1.165) is 6.42 Å². The van der Waals surface area contributed by atoms with Crippen LogP contribution < -0.4 is 0 Å². The molecular weight excluding hydrogens is 416 g/mol. The Morgan fingerprint density at radius 1 is 0.941 bits per heavy atom. The van der Waals surface area contributed by atoms with Gasteiger partial charge in [-0.1, -0.05) is 71.8 Å². The molecule has 0 amide bonds. The van der Waals surface area contributed by atoms with E-state index in [1.165, 1.54) is 44.9 Å². The summed E-state index contributed by atoms with van der Waals surface area (Å²) in [6.07, 6.45) is 15.4. The number of carbonyl (C=O) groups is 1. The van der Waals surface area contributed by atoms with Crippen LogP contribution in [-0.4, -0.2) is 12.1 Å². The second-order valence-corrected chi connectivity index (χ2v) is 14.8. The summed E-state index contributed by atoms with van der Waals surface area (Å²) in [5.74, 6) is 2.58. The molecule has 0 aliphatic heterocycles. The summed E-state index contributed by atoms with van der Waals surface area (Å²) in [7, 11) is 0. The molecule has 0 aromatic rings. The highest BCUT2D eigenvalue weighted by atomic mass is 16.5. The van der Waals surface area contributed by atoms with Gasteiger partial charge in [0.15, 0.2) is 0 Å². The molecule has 9 atom stereocenters. The normalized spacial score (nSPS) is 51.6. The minimum absolute atomic E-state index is 0.0375. The van der Waals surface area contributed by atoms with Gasteiger partial charge in [0, 0.05) is 12.3 Å². The van der Waals surface area contributed by atoms with Gasteiger partial charge >= 0.3 is 5.97 Å². The van der Waals surface area contributed by atoms with Crippen LogP contribution >= 0.6 is 0 Å². The average Bonchev–Trinajstić information content (AvgIpc) is 2.74. The molecule has 0 bridgehead atoms. The van der Waals surface area contributed by atoms with Crippen molar-refractivity contribution in [2.75, 3.05) is 0 Å². The van der Waals surface area contributed by atoms with E-state index in [1.54, 1.807) is 12.5 Å². The largest absolute Gasteiger partial charge is 0.462 e. The van der Waals surface area contributed by atoms with Crippen molar-refractivity contribution in [3.05, 3.63) is 23.3 Å². The van der Waals surface area contributed by atoms with Crippen molar-refractivity contribution < 1.29 is 9.53 Å². The fourth-order valence-corrected chi connectivity index (χ4v) is 10.8. The summed E-state index contributed by atoms with van der Waals surface area (Å²) in [4.78, 5) is 11.9. The first kappa shape index (κ1) is 24.6. The fraction of sp³-hybridized carbons (Fsp3) is 0.844. The van der Waals surface area contributed by atoms with Gasteiger partial charge in [-0.3, -0.25) is 4.79 Å². The summed E-state index contributed by atoms with van der Waals surface area (Å²) >= 11 is 0. The van der Waals surface area contributed by atoms with Gasteiger partial charge in [-0.15, -0.1) is 0 Å². The lowest BCUT2D eigenvalue weighted by atomic mass is 9.33. The van der Waals surface area contributed by atoms with E-state index in [9.17, 15) is 4.79 Å². The molecule has 0 saturated heterocycles. The Hall–Kier alpha value is -1.05. The lowest BCUT2D eigenvalue weighted by molar-refractivity contribution is -0.211. The van der Waals surface area contributed by atoms with E-state index in [2.05, 4.69) is 67.5 Å². The highest BCUT2D eigenvalue weighted by molar-refractivity contribution is 5.66. The molecular formula is C32H50O2. The summed E-state index contributed by atoms with van der Waals surface area (Å²) in [5, 5.41) is 0. The van der Waals surface area contributed by atoms with Gasteiger partial charge in [0.2, 0.25) is 0 Å². The third-order valence-electron chi connectivity index (χ3n) is 13.2. The molecule has 0 aromatic heterocycles. The zero-order valence-electron chi connectivity index (χ0n) is 23.5. The van der Waals surface area contributed by atoms with Crippen molar-refractivity contribution in [1.82, 2.24) is 0 Å². The first-order chi connectivity index (χ1) is 15.7. The Balaban J connectivity index is 1.55. The van der Waals surface area contributed by atoms with Crippen LogP contribution in [0, 0.1) is 50.7 Å². The molecule has 2 heteroatoms. The molecule has 0 spiro atoms. The molecule has 5 aliphatic rings. The predicted molar refractivity (Wildman–Crippen MR) is 140 cm³/mol. The van der Waals surface area contributed by atoms with Gasteiger partial charge in [0.25, 0.3) is 0 Å². The maximum Gasteiger partial charge on any atom is 0.302 e. The lowest BCUT2D eigenvalue weighted by Gasteiger charge is -2.71. The predicted octanol–water partition coefficient (Wildman–Crippen LogP) is 8.52. The first-order valence-electron chi connectivity index (χ1n) is 14.3. The second-order valence-electron chi connectivity index (χ2n) is 14.8. The van der Waals surface area contributed by atoms with Gasteiger partial charge in [-0.25, -0.2) is 0 Å². The van der Waals surface area contributed by atoms with Crippen LogP contribution in [-0.2, 0) is 9.53 Å². The topological polar surface area (TPSA) is 26.3 Å². The van der Waals surface area contributed by atoms with E-state index in [1.807, 2.05) is 5.57 Å². The third kappa shape index (κ3) is 3.02. The zero-order chi connectivity index (χ0) is 24.9. The molecule has 3 fully saturated rings. The second kappa shape index (κ2) is 7.48. The molecule has 0 aromatic carbocycles. The van der Waals surface area contributed by atoms with Crippen LogP contribution in [0.3, 0.4) is 0 Å². The number of allylic oxidation sites excluding steroid dienone is 4. The number of hydrogen-bond acceptors (Lipinski definition) is 2. The Morgan fingerprint density at radius 3 is 2.32 bits per heavy atom. The Morgan fingerprint density at radius 2 is 1.65 bits per heavy atom. The van der Waals surface area contributed by atoms with Crippen molar-refractivity contribution in [3.63, 3.8) is 0 Å². The molecule has 0 heterocycles. The Labute approximate surface area is 209 Å². The van der Waals surface area contributed by atoms with E-state index in [4.69, 9.17) is 4.74 Å². The molecule has 2 unspecified atom stereocenters. The van der Waals surface area contributed by atoms with Gasteiger partial charge in [-0.05, 0) is 104 Å². The van der Waals surface area contributed by atoms with Crippen LogP contribution in [0.1, 0.15) is 114 Å². The zero-order valence-corrected chi connectivity index (χ0v) is 23.5. The number of fused-ring (bicyclic) bond motifs is 7. The quantitative estimate of drug-likeness (QED) is 0.286. The minimum atomic E-state index is -0.115. The van der Waals surface area contributed by atoms with Gasteiger partial charge in [0.1, 0.15) is 6.10 Å². The van der Waals surface area contributed by atoms with Crippen molar-refractivity contribution in [2.24, 2.45) is 50.7 Å². The average molecular weight is 467 g/mol. The van der Waals surface area contributed by atoms with Gasteiger partial charge in [0.05, 0.1) is 0 Å². The molecule has 190 valence electrons. The molecule has 0 N–H and O–H groups in total. The summed E-state index contributed by atoms with van der Waals surface area (Å²) in [6.45, 7) is 21.8. The highest BCUT2D eigenvalue weighted by Gasteiger charge is 2.68. The van der Waals surface area contributed by atoms with E-state index < -0.39 is 0 Å². The molecule has 0 radical (unpaired) electrons. The van der Waals surface area contributed by atoms with Crippen LogP contribution in [0.4, 0.5) is 0 Å². The van der Waals surface area contributed by atoms with E-state index in [-0.39, 0.29) is 17.5 Å². The SMILES string of the molecule is CC(=O)O[C@H]1CC[C@@]2(C)C(CC[C@]3(C)C2CC=C2[C@H]4[C@H](C)C(C)=CC[C@]4(C)CC[C@]23C)C1(C)C. The smallest absolute Gasteiger partial charge is 0.302 e. The number of ether oxygens (including phenoxy) is 1. The van der Waals surface area contributed by atoms with E-state index >= 15 is 0 Å². The molecule has 2 nitrogen and oxygen atoms in total. The summed E-state index contributed by atoms with van der Waals surface area (Å²) in [6, 6.07) is 0. The van der Waals surface area contributed by atoms with Crippen molar-refractivity contribution in [2.45, 2.75) is 120 Å². The summed E-state index contributed by atoms with van der Waals surface area (Å²) < 4.78 is 5.90. The molecule has 5 rings (SSSR count). The van der Waals surface area contributed by atoms with Crippen LogP contribution in [0.25, 0.3) is 0 Å². The number of hydrogen-bond donors (Lipinski definition) is 0. The maximum absolute atomic E-state index is 11.9. The van der Waals surface area contributed by atoms with Crippen molar-refractivity contribution in [3.8, 4) is 0 Å². The summed E-state index contributed by atoms with van der Waals surface area (Å²) in [5.41, 5.74) is 4.87. The monoisotopic (exact) mass is 466 g/mol. The molecule has 3 saturated carbocycles. The first-order valence-corrected chi connectivity index (χ1v) is 14.3. The highest BCUT2D eigenvalue weighted by Crippen LogP contribution is 2.75. The lowest BCUT2D eigenvalue weighted by Crippen LogP contribution is -2.64. The standard InChI is InChI=1S/C32H50O2/c1-20-12-15-29(6)18-19-31(8)23(27(29)21(20)2)10-11-25-30(7)16-14-26(34-22(3)33)28(4,5)24(30)13-17-32(25,31)9/h10,12,21,24-27H,11,13-19H2,1-9H3/t21-,24?,25?,26+,27-,29-,30+,31-,32-/m1/s1. The number of carbonyl (C=O) groups excluding carboxylic acids is 1. The maximum atomic E-state index is 11.9. The van der Waals surface area contributed by atoms with Crippen molar-refractivity contribution in [1.29, 1.82) is 0 Å². The van der Waals surface area contributed by atoms with Gasteiger partial charge < -0.3 is 4.74 Å². The van der Waals surface area contributed by atoms with E-state index in [0.29, 0.717) is 45.3 Å².